The van der Waals surface area contributed by atoms with E-state index >= 15 is 0 Å². The molecule has 0 saturated carbocycles. The van der Waals surface area contributed by atoms with Crippen molar-refractivity contribution >= 4 is 5.78 Å². The van der Waals surface area contributed by atoms with Crippen molar-refractivity contribution in [1.82, 2.24) is 0 Å². The largest absolute Gasteiger partial charge is 0.326 e. The first-order chi connectivity index (χ1) is 7.27. The van der Waals surface area contributed by atoms with Gasteiger partial charge in [0.2, 0.25) is 0 Å². The van der Waals surface area contributed by atoms with Crippen molar-refractivity contribution in [2.45, 2.75) is 25.8 Å². The average Bonchev–Trinajstić information content (AvgIpc) is 2.27. The van der Waals surface area contributed by atoms with Crippen LogP contribution in [0.1, 0.15) is 24.0 Å². The molecule has 0 aromatic heterocycles. The van der Waals surface area contributed by atoms with Gasteiger partial charge >= 0.3 is 0 Å². The maximum atomic E-state index is 11.5. The summed E-state index contributed by atoms with van der Waals surface area (Å²) in [4.78, 5) is 11.5. The van der Waals surface area contributed by atoms with E-state index in [9.17, 15) is 4.79 Å². The summed E-state index contributed by atoms with van der Waals surface area (Å²) in [6, 6.07) is 7.74. The van der Waals surface area contributed by atoms with Crippen LogP contribution in [-0.2, 0) is 17.8 Å². The molecule has 0 unspecified atom stereocenters. The van der Waals surface area contributed by atoms with E-state index in [0.717, 1.165) is 11.1 Å². The van der Waals surface area contributed by atoms with Gasteiger partial charge in [-0.1, -0.05) is 24.3 Å². The second-order valence-electron chi connectivity index (χ2n) is 3.39. The van der Waals surface area contributed by atoms with Crippen molar-refractivity contribution in [3.05, 3.63) is 35.4 Å². The number of hydrogen-bond donors (Lipinski definition) is 1. The number of benzene rings is 1. The molecule has 2 N–H and O–H groups in total. The Morgan fingerprint density at radius 3 is 2.60 bits per heavy atom. The number of ketones is 1. The summed E-state index contributed by atoms with van der Waals surface area (Å²) in [6.45, 7) is 0.471. The third-order valence-corrected chi connectivity index (χ3v) is 2.27. The van der Waals surface area contributed by atoms with E-state index in [1.807, 2.05) is 24.3 Å². The Hall–Kier alpha value is -1.59. The first-order valence-corrected chi connectivity index (χ1v) is 5.00. The summed E-state index contributed by atoms with van der Waals surface area (Å²) >= 11 is 0. The highest BCUT2D eigenvalue weighted by atomic mass is 16.1. The lowest BCUT2D eigenvalue weighted by Crippen LogP contribution is -2.07. The van der Waals surface area contributed by atoms with Gasteiger partial charge in [-0.25, -0.2) is 0 Å². The van der Waals surface area contributed by atoms with Gasteiger partial charge in [-0.2, -0.15) is 0 Å². The molecule has 0 saturated heterocycles. The average molecular weight is 201 g/mol. The highest BCUT2D eigenvalue weighted by Crippen LogP contribution is 2.10. The number of carbonyl (C=O) groups is 1. The molecule has 0 aliphatic heterocycles. The zero-order valence-corrected chi connectivity index (χ0v) is 8.70. The second kappa shape index (κ2) is 6.00. The number of nitrogens with two attached hydrogens (primary N) is 1. The molecule has 0 radical (unpaired) electrons. The molecule has 0 amide bonds. The summed E-state index contributed by atoms with van der Waals surface area (Å²) in [5.41, 5.74) is 7.63. The molecule has 1 aromatic carbocycles. The predicted molar refractivity (Wildman–Crippen MR) is 61.1 cm³/mol. The predicted octanol–water partition coefficient (Wildman–Crippen LogP) is 1.67. The van der Waals surface area contributed by atoms with Crippen molar-refractivity contribution in [3.63, 3.8) is 0 Å². The lowest BCUT2D eigenvalue weighted by atomic mass is 10.0. The molecule has 78 valence electrons. The van der Waals surface area contributed by atoms with Gasteiger partial charge in [-0.05, 0) is 11.1 Å². The maximum Gasteiger partial charge on any atom is 0.138 e. The summed E-state index contributed by atoms with van der Waals surface area (Å²) in [5.74, 6) is 2.64. The van der Waals surface area contributed by atoms with E-state index in [2.05, 4.69) is 5.92 Å². The van der Waals surface area contributed by atoms with E-state index in [4.69, 9.17) is 12.2 Å². The van der Waals surface area contributed by atoms with Gasteiger partial charge in [0.05, 0.1) is 0 Å². The molecule has 0 heterocycles. The molecule has 0 spiro atoms. The Bertz CT molecular complexity index is 376. The number of carbonyl (C=O) groups excluding carboxylic acids is 1. The minimum atomic E-state index is 0.175. The van der Waals surface area contributed by atoms with Crippen LogP contribution in [0.25, 0.3) is 0 Å². The van der Waals surface area contributed by atoms with E-state index in [-0.39, 0.29) is 5.78 Å². The van der Waals surface area contributed by atoms with Crippen LogP contribution in [0.3, 0.4) is 0 Å². The van der Waals surface area contributed by atoms with Gasteiger partial charge < -0.3 is 5.73 Å². The van der Waals surface area contributed by atoms with Gasteiger partial charge in [0.25, 0.3) is 0 Å². The zero-order valence-electron chi connectivity index (χ0n) is 8.70. The fourth-order valence-corrected chi connectivity index (χ4v) is 1.44. The lowest BCUT2D eigenvalue weighted by molar-refractivity contribution is -0.118. The maximum absolute atomic E-state index is 11.5. The normalized spacial score (nSPS) is 9.60. The molecule has 2 heteroatoms. The number of terminal acetylenes is 1. The summed E-state index contributed by atoms with van der Waals surface area (Å²) in [6.07, 6.45) is 6.51. The molecule has 1 aromatic rings. The fourth-order valence-electron chi connectivity index (χ4n) is 1.44. The van der Waals surface area contributed by atoms with Gasteiger partial charge in [0, 0.05) is 25.8 Å². The molecular formula is C13H15NO. The van der Waals surface area contributed by atoms with Gasteiger partial charge in [0.1, 0.15) is 5.78 Å². The third-order valence-electron chi connectivity index (χ3n) is 2.27. The Labute approximate surface area is 90.5 Å². The van der Waals surface area contributed by atoms with Crippen LogP contribution in [0.5, 0.6) is 0 Å². The summed E-state index contributed by atoms with van der Waals surface area (Å²) in [5, 5.41) is 0. The molecule has 0 aliphatic carbocycles. The third kappa shape index (κ3) is 3.57. The minimum Gasteiger partial charge on any atom is -0.326 e. The lowest BCUT2D eigenvalue weighted by Gasteiger charge is -2.05. The Balaban J connectivity index is 2.64. The molecule has 15 heavy (non-hydrogen) atoms. The highest BCUT2D eigenvalue weighted by molar-refractivity contribution is 5.81. The first-order valence-electron chi connectivity index (χ1n) is 5.00. The van der Waals surface area contributed by atoms with E-state index in [1.165, 1.54) is 0 Å². The van der Waals surface area contributed by atoms with E-state index in [1.54, 1.807) is 0 Å². The fraction of sp³-hybridized carbons (Fsp3) is 0.308. The number of rotatable bonds is 5. The van der Waals surface area contributed by atoms with Crippen molar-refractivity contribution < 1.29 is 4.79 Å². The SMILES string of the molecule is C#CCCC(=O)Cc1ccccc1CN. The molecule has 2 nitrogen and oxygen atoms in total. The standard InChI is InChI=1S/C13H15NO/c1-2-3-8-13(15)9-11-6-4-5-7-12(11)10-14/h1,4-7H,3,8-10,14H2. The van der Waals surface area contributed by atoms with Crippen LogP contribution in [0.4, 0.5) is 0 Å². The number of Topliss-reactive ketones (excluding diaryl/α,β-unsaturated/α-hetero) is 1. The Morgan fingerprint density at radius 2 is 2.00 bits per heavy atom. The van der Waals surface area contributed by atoms with Crippen LogP contribution in [0.2, 0.25) is 0 Å². The zero-order chi connectivity index (χ0) is 11.1. The van der Waals surface area contributed by atoms with Crippen LogP contribution in [0.15, 0.2) is 24.3 Å². The molecule has 0 aliphatic rings. The monoisotopic (exact) mass is 201 g/mol. The topological polar surface area (TPSA) is 43.1 Å². The van der Waals surface area contributed by atoms with Crippen molar-refractivity contribution in [2.24, 2.45) is 5.73 Å². The van der Waals surface area contributed by atoms with Crippen LogP contribution in [0, 0.1) is 12.3 Å². The van der Waals surface area contributed by atoms with Crippen molar-refractivity contribution in [2.75, 3.05) is 0 Å². The second-order valence-corrected chi connectivity index (χ2v) is 3.39. The van der Waals surface area contributed by atoms with E-state index < -0.39 is 0 Å². The van der Waals surface area contributed by atoms with Crippen LogP contribution in [-0.4, -0.2) is 5.78 Å². The van der Waals surface area contributed by atoms with E-state index in [0.29, 0.717) is 25.8 Å². The molecule has 0 atom stereocenters. The number of hydrogen-bond acceptors (Lipinski definition) is 2. The Kier molecular flexibility index (Phi) is 4.59. The Morgan fingerprint density at radius 1 is 1.33 bits per heavy atom. The van der Waals surface area contributed by atoms with Gasteiger partial charge in [-0.15, -0.1) is 12.3 Å². The van der Waals surface area contributed by atoms with Gasteiger partial charge in [-0.3, -0.25) is 4.79 Å². The minimum absolute atomic E-state index is 0.175. The molecule has 0 fully saturated rings. The van der Waals surface area contributed by atoms with Gasteiger partial charge in [0.15, 0.2) is 0 Å². The molecule has 0 bridgehead atoms. The van der Waals surface area contributed by atoms with Crippen molar-refractivity contribution in [1.29, 1.82) is 0 Å². The van der Waals surface area contributed by atoms with Crippen LogP contribution < -0.4 is 5.73 Å². The summed E-state index contributed by atoms with van der Waals surface area (Å²) in [7, 11) is 0. The highest BCUT2D eigenvalue weighted by Gasteiger charge is 2.05. The summed E-state index contributed by atoms with van der Waals surface area (Å²) < 4.78 is 0. The quantitative estimate of drug-likeness (QED) is 0.736. The first kappa shape index (κ1) is 11.5. The van der Waals surface area contributed by atoms with Crippen LogP contribution >= 0.6 is 0 Å². The smallest absolute Gasteiger partial charge is 0.138 e. The molecule has 1 rings (SSSR count). The van der Waals surface area contributed by atoms with Crippen molar-refractivity contribution in [3.8, 4) is 12.3 Å². The molecular weight excluding hydrogens is 186 g/mol.